The van der Waals surface area contributed by atoms with Gasteiger partial charge in [-0.2, -0.15) is 0 Å². The predicted molar refractivity (Wildman–Crippen MR) is 66.5 cm³/mol. The number of aromatic nitrogens is 1. The van der Waals surface area contributed by atoms with E-state index in [2.05, 4.69) is 23.2 Å². The Labute approximate surface area is 102 Å². The van der Waals surface area contributed by atoms with Gasteiger partial charge in [-0.05, 0) is 35.5 Å². The van der Waals surface area contributed by atoms with Crippen LogP contribution in [0.1, 0.15) is 35.8 Å². The second-order valence-corrected chi connectivity index (χ2v) is 4.46. The maximum absolute atomic E-state index is 11.2. The number of ether oxygens (including phenoxy) is 1. The first-order valence-corrected chi connectivity index (χ1v) is 5.91. The molecule has 1 heterocycles. The molecule has 1 aromatic rings. The molecule has 0 aliphatic heterocycles. The Morgan fingerprint density at radius 1 is 1.59 bits per heavy atom. The number of hydrogen-bond acceptors (Lipinski definition) is 3. The van der Waals surface area contributed by atoms with Crippen molar-refractivity contribution in [2.75, 3.05) is 7.11 Å². The summed E-state index contributed by atoms with van der Waals surface area (Å²) in [5.41, 5.74) is 2.51. The van der Waals surface area contributed by atoms with E-state index >= 15 is 0 Å². The van der Waals surface area contributed by atoms with Crippen molar-refractivity contribution in [3.05, 3.63) is 36.2 Å². The molecule has 1 aliphatic rings. The lowest BCUT2D eigenvalue weighted by Crippen LogP contribution is -2.04. The highest BCUT2D eigenvalue weighted by Crippen LogP contribution is 2.48. The highest BCUT2D eigenvalue weighted by atomic mass is 16.5. The molecule has 0 aromatic carbocycles. The van der Waals surface area contributed by atoms with Crippen molar-refractivity contribution in [3.8, 4) is 0 Å². The molecule has 0 N–H and O–H groups in total. The maximum atomic E-state index is 11.2. The molecule has 17 heavy (non-hydrogen) atoms. The molecule has 1 aromatic heterocycles. The minimum Gasteiger partial charge on any atom is -0.464 e. The molecule has 2 rings (SSSR count). The van der Waals surface area contributed by atoms with Gasteiger partial charge in [0.25, 0.3) is 0 Å². The van der Waals surface area contributed by atoms with Gasteiger partial charge in [0.1, 0.15) is 5.69 Å². The van der Waals surface area contributed by atoms with Crippen molar-refractivity contribution in [1.29, 1.82) is 0 Å². The Kier molecular flexibility index (Phi) is 3.27. The molecule has 1 aliphatic carbocycles. The molecule has 1 saturated carbocycles. The zero-order chi connectivity index (χ0) is 12.4. The van der Waals surface area contributed by atoms with Crippen LogP contribution in [-0.4, -0.2) is 18.1 Å². The maximum Gasteiger partial charge on any atom is 0.356 e. The third-order valence-corrected chi connectivity index (χ3v) is 3.42. The Morgan fingerprint density at radius 2 is 2.35 bits per heavy atom. The molecular weight excluding hydrogens is 214 g/mol. The Balaban J connectivity index is 2.08. The molecule has 1 fully saturated rings. The summed E-state index contributed by atoms with van der Waals surface area (Å²) in [6, 6.07) is 3.59. The smallest absolute Gasteiger partial charge is 0.356 e. The van der Waals surface area contributed by atoms with Gasteiger partial charge >= 0.3 is 5.97 Å². The van der Waals surface area contributed by atoms with Gasteiger partial charge < -0.3 is 4.74 Å². The topological polar surface area (TPSA) is 39.2 Å². The van der Waals surface area contributed by atoms with Gasteiger partial charge in [-0.3, -0.25) is 0 Å². The molecule has 0 amide bonds. The largest absolute Gasteiger partial charge is 0.464 e. The highest BCUT2D eigenvalue weighted by molar-refractivity contribution is 5.87. The molecule has 0 radical (unpaired) electrons. The van der Waals surface area contributed by atoms with Gasteiger partial charge in [-0.15, -0.1) is 0 Å². The van der Waals surface area contributed by atoms with Crippen LogP contribution >= 0.6 is 0 Å². The Morgan fingerprint density at radius 3 is 2.82 bits per heavy atom. The molecular formula is C14H17NO2. The van der Waals surface area contributed by atoms with Crippen LogP contribution in [0.3, 0.4) is 0 Å². The third-order valence-electron chi connectivity index (χ3n) is 3.42. The number of allylic oxidation sites excluding steroid dienone is 1. The van der Waals surface area contributed by atoms with Crippen LogP contribution in [0.25, 0.3) is 5.57 Å². The second-order valence-electron chi connectivity index (χ2n) is 4.46. The van der Waals surface area contributed by atoms with Gasteiger partial charge in [0, 0.05) is 6.20 Å². The third kappa shape index (κ3) is 2.38. The molecule has 2 unspecified atom stereocenters. The first-order chi connectivity index (χ1) is 8.17. The number of nitrogens with zero attached hydrogens (tertiary/aromatic N) is 1. The van der Waals surface area contributed by atoms with E-state index in [0.717, 1.165) is 17.1 Å². The summed E-state index contributed by atoms with van der Waals surface area (Å²) >= 11 is 0. The van der Waals surface area contributed by atoms with E-state index in [1.807, 2.05) is 6.07 Å². The quantitative estimate of drug-likeness (QED) is 0.748. The molecule has 3 heteroatoms. The summed E-state index contributed by atoms with van der Waals surface area (Å²) in [6.07, 6.45) is 4.14. The Bertz CT molecular complexity index is 436. The van der Waals surface area contributed by atoms with Crippen LogP contribution in [-0.2, 0) is 4.74 Å². The molecule has 2 atom stereocenters. The summed E-state index contributed by atoms with van der Waals surface area (Å²) in [4.78, 5) is 15.3. The SMILES string of the molecule is C=C(c1ccc(C(=O)OC)nc1)C1CC1CC. The van der Waals surface area contributed by atoms with Crippen molar-refractivity contribution < 1.29 is 9.53 Å². The summed E-state index contributed by atoms with van der Waals surface area (Å²) in [5, 5.41) is 0. The van der Waals surface area contributed by atoms with Crippen LogP contribution in [0, 0.1) is 11.8 Å². The standard InChI is InChI=1S/C14H17NO2/c1-4-10-7-12(10)9(2)11-5-6-13(15-8-11)14(16)17-3/h5-6,8,10,12H,2,4,7H2,1,3H3. The highest BCUT2D eigenvalue weighted by Gasteiger charge is 2.37. The van der Waals surface area contributed by atoms with E-state index < -0.39 is 5.97 Å². The minimum absolute atomic E-state index is 0.340. The van der Waals surface area contributed by atoms with Gasteiger partial charge in [0.15, 0.2) is 0 Å². The number of methoxy groups -OCH3 is 1. The summed E-state index contributed by atoms with van der Waals surface area (Å²) in [6.45, 7) is 6.33. The fraction of sp³-hybridized carbons (Fsp3) is 0.429. The van der Waals surface area contributed by atoms with Crippen molar-refractivity contribution in [2.45, 2.75) is 19.8 Å². The molecule has 0 bridgehead atoms. The number of carbonyl (C=O) groups is 1. The van der Waals surface area contributed by atoms with Gasteiger partial charge in [-0.1, -0.05) is 26.0 Å². The van der Waals surface area contributed by atoms with E-state index in [9.17, 15) is 4.79 Å². The molecule has 0 spiro atoms. The van der Waals surface area contributed by atoms with E-state index in [1.165, 1.54) is 20.0 Å². The zero-order valence-electron chi connectivity index (χ0n) is 10.3. The van der Waals surface area contributed by atoms with Gasteiger partial charge in [0.2, 0.25) is 0 Å². The minimum atomic E-state index is -0.403. The summed E-state index contributed by atoms with van der Waals surface area (Å²) in [7, 11) is 1.35. The fourth-order valence-electron chi connectivity index (χ4n) is 2.15. The lowest BCUT2D eigenvalue weighted by Gasteiger charge is -2.05. The fourth-order valence-corrected chi connectivity index (χ4v) is 2.15. The first kappa shape index (κ1) is 11.8. The Hall–Kier alpha value is -1.64. The number of esters is 1. The van der Waals surface area contributed by atoms with Crippen LogP contribution in [0.5, 0.6) is 0 Å². The summed E-state index contributed by atoms with van der Waals surface area (Å²) < 4.78 is 4.61. The van der Waals surface area contributed by atoms with Crippen LogP contribution < -0.4 is 0 Å². The monoisotopic (exact) mass is 231 g/mol. The van der Waals surface area contributed by atoms with Crippen molar-refractivity contribution >= 4 is 11.5 Å². The van der Waals surface area contributed by atoms with Crippen molar-refractivity contribution in [1.82, 2.24) is 4.98 Å². The van der Waals surface area contributed by atoms with E-state index in [-0.39, 0.29) is 0 Å². The normalized spacial score (nSPS) is 22.0. The number of carbonyl (C=O) groups excluding carboxylic acids is 1. The second kappa shape index (κ2) is 4.70. The van der Waals surface area contributed by atoms with Crippen LogP contribution in [0.2, 0.25) is 0 Å². The average molecular weight is 231 g/mol. The first-order valence-electron chi connectivity index (χ1n) is 5.91. The zero-order valence-corrected chi connectivity index (χ0v) is 10.3. The number of pyridine rings is 1. The number of rotatable bonds is 4. The van der Waals surface area contributed by atoms with E-state index in [1.54, 1.807) is 12.3 Å². The number of hydrogen-bond donors (Lipinski definition) is 0. The molecule has 0 saturated heterocycles. The van der Waals surface area contributed by atoms with E-state index in [4.69, 9.17) is 0 Å². The van der Waals surface area contributed by atoms with Crippen molar-refractivity contribution in [2.24, 2.45) is 11.8 Å². The van der Waals surface area contributed by atoms with Crippen molar-refractivity contribution in [3.63, 3.8) is 0 Å². The van der Waals surface area contributed by atoms with E-state index in [0.29, 0.717) is 11.6 Å². The lowest BCUT2D eigenvalue weighted by molar-refractivity contribution is 0.0594. The van der Waals surface area contributed by atoms with Crippen LogP contribution in [0.15, 0.2) is 24.9 Å². The van der Waals surface area contributed by atoms with Gasteiger partial charge in [-0.25, -0.2) is 9.78 Å². The predicted octanol–water partition coefficient (Wildman–Crippen LogP) is 2.93. The van der Waals surface area contributed by atoms with Gasteiger partial charge in [0.05, 0.1) is 7.11 Å². The lowest BCUT2D eigenvalue weighted by atomic mass is 10.0. The summed E-state index contributed by atoms with van der Waals surface area (Å²) in [5.74, 6) is 0.980. The average Bonchev–Trinajstić information content (AvgIpc) is 3.16. The van der Waals surface area contributed by atoms with Crippen LogP contribution in [0.4, 0.5) is 0 Å². The molecule has 90 valence electrons. The molecule has 3 nitrogen and oxygen atoms in total.